The number of para-hydroxylation sites is 1. The van der Waals surface area contributed by atoms with E-state index in [9.17, 15) is 14.3 Å². The number of rotatable bonds is 11. The predicted octanol–water partition coefficient (Wildman–Crippen LogP) is 5.60. The molecule has 3 N–H and O–H groups in total. The van der Waals surface area contributed by atoms with Gasteiger partial charge in [-0.25, -0.2) is 14.1 Å². The van der Waals surface area contributed by atoms with Gasteiger partial charge in [0, 0.05) is 50.3 Å². The van der Waals surface area contributed by atoms with Crippen LogP contribution in [-0.2, 0) is 16.2 Å². The summed E-state index contributed by atoms with van der Waals surface area (Å²) in [6, 6.07) is 17.8. The first-order valence-corrected chi connectivity index (χ1v) is 19.3. The predicted molar refractivity (Wildman–Crippen MR) is 179 cm³/mol. The zero-order chi connectivity index (χ0) is 33.1. The van der Waals surface area contributed by atoms with E-state index >= 15 is 0 Å². The Morgan fingerprint density at radius 2 is 1.87 bits per heavy atom. The summed E-state index contributed by atoms with van der Waals surface area (Å²) in [6.45, 7) is 9.84. The molecule has 246 valence electrons. The molecule has 1 saturated heterocycles. The fraction of sp³-hybridized carbons (Fsp3) is 0.324. The number of hydrogen-bond donors (Lipinski definition) is 2. The van der Waals surface area contributed by atoms with Crippen LogP contribution < -0.4 is 10.5 Å². The van der Waals surface area contributed by atoms with Gasteiger partial charge in [-0.2, -0.15) is 5.10 Å². The number of benzene rings is 2. The van der Waals surface area contributed by atoms with Crippen LogP contribution >= 0.6 is 0 Å². The third-order valence-corrected chi connectivity index (χ3v) is 9.83. The largest absolute Gasteiger partial charge is 0.436 e. The topological polar surface area (TPSA) is 130 Å². The minimum atomic E-state index is -1.31. The monoisotopic (exact) mass is 658 g/mol. The van der Waals surface area contributed by atoms with Crippen LogP contribution in [-0.4, -0.2) is 76.2 Å². The molecule has 1 unspecified atom stereocenters. The highest BCUT2D eigenvalue weighted by Gasteiger charge is 2.25. The maximum Gasteiger partial charge on any atom is 0.254 e. The molecule has 0 radical (unpaired) electrons. The molecule has 4 heterocycles. The minimum Gasteiger partial charge on any atom is -0.436 e. The van der Waals surface area contributed by atoms with Gasteiger partial charge < -0.3 is 34.5 Å². The number of morpholine rings is 1. The van der Waals surface area contributed by atoms with Gasteiger partial charge in [0.05, 0.1) is 42.5 Å². The number of aromatic nitrogens is 4. The zero-order valence-corrected chi connectivity index (χ0v) is 27.7. The summed E-state index contributed by atoms with van der Waals surface area (Å²) in [5.74, 6) is -0.0566. The molecule has 3 aromatic heterocycles. The van der Waals surface area contributed by atoms with Gasteiger partial charge in [-0.15, -0.1) is 0 Å². The Labute approximate surface area is 273 Å². The lowest BCUT2D eigenvalue weighted by Crippen LogP contribution is -2.40. The van der Waals surface area contributed by atoms with Crippen LogP contribution in [0.2, 0.25) is 25.7 Å². The standard InChI is InChI=1S/C34H39FN6O5Si/c1-47(2,3)17-16-45-22-40-28-10-8-23(34(43)39-12-14-44-15-13-39)18-24(28)19-29(40)32(42)26-21-38-41(33(26)36)25-9-11-31(37-20-25)46-30-7-5-4-6-27(30)35/h4-11,18-21,32,42H,12-17,22,36H2,1-3H3. The van der Waals surface area contributed by atoms with Crippen LogP contribution in [0.3, 0.4) is 0 Å². The summed E-state index contributed by atoms with van der Waals surface area (Å²) in [7, 11) is -1.31. The molecule has 11 nitrogen and oxygen atoms in total. The number of pyridine rings is 1. The smallest absolute Gasteiger partial charge is 0.254 e. The van der Waals surface area contributed by atoms with E-state index in [0.29, 0.717) is 55.4 Å². The Balaban J connectivity index is 1.28. The van der Waals surface area contributed by atoms with E-state index in [4.69, 9.17) is 19.9 Å². The minimum absolute atomic E-state index is 0.0547. The van der Waals surface area contributed by atoms with Crippen LogP contribution in [0.15, 0.2) is 73.1 Å². The van der Waals surface area contributed by atoms with Crippen molar-refractivity contribution >= 4 is 30.7 Å². The van der Waals surface area contributed by atoms with Gasteiger partial charge in [0.2, 0.25) is 5.88 Å². The number of aliphatic hydroxyl groups excluding tert-OH is 1. The lowest BCUT2D eigenvalue weighted by molar-refractivity contribution is 0.0303. The van der Waals surface area contributed by atoms with Crippen LogP contribution in [0, 0.1) is 5.82 Å². The fourth-order valence-corrected chi connectivity index (χ4v) is 6.18. The summed E-state index contributed by atoms with van der Waals surface area (Å²) in [6.07, 6.45) is 1.88. The first kappa shape index (κ1) is 32.4. The third-order valence-electron chi connectivity index (χ3n) is 8.12. The van der Waals surface area contributed by atoms with Crippen molar-refractivity contribution in [2.45, 2.75) is 38.5 Å². The van der Waals surface area contributed by atoms with Gasteiger partial charge >= 0.3 is 0 Å². The second-order valence-corrected chi connectivity index (χ2v) is 18.3. The average Bonchev–Trinajstić information content (AvgIpc) is 3.63. The second-order valence-electron chi connectivity index (χ2n) is 12.7. The van der Waals surface area contributed by atoms with E-state index in [0.717, 1.165) is 16.9 Å². The number of fused-ring (bicyclic) bond motifs is 1. The molecule has 47 heavy (non-hydrogen) atoms. The molecular formula is C34H39FN6O5Si. The molecule has 1 aliphatic rings. The molecule has 0 saturated carbocycles. The fourth-order valence-electron chi connectivity index (χ4n) is 5.42. The number of nitrogens with two attached hydrogens (primary N) is 1. The van der Waals surface area contributed by atoms with E-state index in [1.807, 2.05) is 28.8 Å². The van der Waals surface area contributed by atoms with Crippen molar-refractivity contribution in [2.75, 3.05) is 38.6 Å². The van der Waals surface area contributed by atoms with Crippen LogP contribution in [0.5, 0.6) is 11.6 Å². The highest BCUT2D eigenvalue weighted by atomic mass is 28.3. The van der Waals surface area contributed by atoms with Gasteiger partial charge in [-0.1, -0.05) is 31.8 Å². The second kappa shape index (κ2) is 13.7. The number of carbonyl (C=O) groups is 1. The molecule has 0 aliphatic carbocycles. The first-order chi connectivity index (χ1) is 22.6. The lowest BCUT2D eigenvalue weighted by Gasteiger charge is -2.26. The molecule has 1 fully saturated rings. The molecule has 5 aromatic rings. The Bertz CT molecular complexity index is 1860. The average molecular weight is 659 g/mol. The van der Waals surface area contributed by atoms with E-state index in [-0.39, 0.29) is 30.1 Å². The Hall–Kier alpha value is -4.56. The van der Waals surface area contributed by atoms with Gasteiger partial charge in [0.25, 0.3) is 5.91 Å². The number of carbonyl (C=O) groups excluding carboxylic acids is 1. The summed E-state index contributed by atoms with van der Waals surface area (Å²) >= 11 is 0. The summed E-state index contributed by atoms with van der Waals surface area (Å²) < 4.78 is 34.5. The van der Waals surface area contributed by atoms with Crippen LogP contribution in [0.1, 0.15) is 27.7 Å². The summed E-state index contributed by atoms with van der Waals surface area (Å²) in [5, 5.41) is 17.0. The molecule has 1 aliphatic heterocycles. The molecular weight excluding hydrogens is 619 g/mol. The normalized spacial score (nSPS) is 14.4. The van der Waals surface area contributed by atoms with Gasteiger partial charge in [0.15, 0.2) is 11.6 Å². The van der Waals surface area contributed by atoms with Gasteiger partial charge in [-0.05, 0) is 48.5 Å². The number of amides is 1. The van der Waals surface area contributed by atoms with E-state index < -0.39 is 20.0 Å². The van der Waals surface area contributed by atoms with Crippen molar-refractivity contribution in [1.82, 2.24) is 24.2 Å². The quantitative estimate of drug-likeness (QED) is 0.139. The van der Waals surface area contributed by atoms with E-state index in [1.54, 1.807) is 29.2 Å². The van der Waals surface area contributed by atoms with Gasteiger partial charge in [-0.3, -0.25) is 4.79 Å². The zero-order valence-electron chi connectivity index (χ0n) is 26.7. The lowest BCUT2D eigenvalue weighted by atomic mass is 10.1. The van der Waals surface area contributed by atoms with Crippen molar-refractivity contribution in [3.63, 3.8) is 0 Å². The number of hydrogen-bond acceptors (Lipinski definition) is 8. The number of nitrogen functional groups attached to an aromatic ring is 1. The highest BCUT2D eigenvalue weighted by molar-refractivity contribution is 6.76. The molecule has 0 bridgehead atoms. The first-order valence-electron chi connectivity index (χ1n) is 15.6. The maximum atomic E-state index is 14.0. The summed E-state index contributed by atoms with van der Waals surface area (Å²) in [5.41, 5.74) is 9.43. The Kier molecular flexibility index (Phi) is 9.41. The van der Waals surface area contributed by atoms with Crippen LogP contribution in [0.4, 0.5) is 10.2 Å². The van der Waals surface area contributed by atoms with Crippen molar-refractivity contribution in [3.8, 4) is 17.3 Å². The van der Waals surface area contributed by atoms with Crippen molar-refractivity contribution in [3.05, 3.63) is 95.7 Å². The Morgan fingerprint density at radius 1 is 1.09 bits per heavy atom. The molecule has 1 atom stereocenters. The van der Waals surface area contributed by atoms with Gasteiger partial charge in [0.1, 0.15) is 18.7 Å². The van der Waals surface area contributed by atoms with Crippen LogP contribution in [0.25, 0.3) is 16.6 Å². The number of anilines is 1. The summed E-state index contributed by atoms with van der Waals surface area (Å²) in [4.78, 5) is 19.3. The molecule has 1 amide bonds. The van der Waals surface area contributed by atoms with Crippen molar-refractivity contribution < 1.29 is 28.5 Å². The van der Waals surface area contributed by atoms with E-state index in [2.05, 4.69) is 29.7 Å². The molecule has 2 aromatic carbocycles. The highest BCUT2D eigenvalue weighted by Crippen LogP contribution is 2.33. The van der Waals surface area contributed by atoms with Crippen molar-refractivity contribution in [2.24, 2.45) is 0 Å². The molecule has 0 spiro atoms. The molecule has 13 heteroatoms. The number of ether oxygens (including phenoxy) is 3. The number of aliphatic hydroxyl groups is 1. The Morgan fingerprint density at radius 3 is 2.60 bits per heavy atom. The SMILES string of the molecule is C[Si](C)(C)CCOCn1c(C(O)c2cnn(-c3ccc(Oc4ccccc4F)nc3)c2N)cc2cc(C(=O)N3CCOCC3)ccc21. The third kappa shape index (κ3) is 7.23. The molecule has 6 rings (SSSR count). The van der Waals surface area contributed by atoms with E-state index in [1.165, 1.54) is 29.2 Å². The number of halogens is 1. The maximum absolute atomic E-state index is 14.0. The van der Waals surface area contributed by atoms with Crippen molar-refractivity contribution in [1.29, 1.82) is 0 Å². The number of nitrogens with zero attached hydrogens (tertiary/aromatic N) is 5.